The van der Waals surface area contributed by atoms with Gasteiger partial charge in [-0.1, -0.05) is 41.6 Å². The number of carbonyl (C=O) groups is 1. The molecule has 6 nitrogen and oxygen atoms in total. The minimum atomic E-state index is -0.551. The molecule has 2 aromatic carbocycles. The van der Waals surface area contributed by atoms with Crippen LogP contribution in [-0.4, -0.2) is 21.0 Å². The first kappa shape index (κ1) is 18.5. The van der Waals surface area contributed by atoms with Crippen molar-refractivity contribution in [1.82, 2.24) is 15.1 Å². The maximum absolute atomic E-state index is 14.5. The van der Waals surface area contributed by atoms with Crippen LogP contribution in [0.2, 0.25) is 0 Å². The molecule has 0 spiro atoms. The summed E-state index contributed by atoms with van der Waals surface area (Å²) in [6.45, 7) is 3.29. The Bertz CT molecular complexity index is 1170. The fraction of sp³-hybridized carbons (Fsp3) is 0.0909. The summed E-state index contributed by atoms with van der Waals surface area (Å²) in [4.78, 5) is 22.0. The average molecular weight is 388 g/mol. The van der Waals surface area contributed by atoms with Gasteiger partial charge >= 0.3 is 0 Å². The Balaban J connectivity index is 2.00. The van der Waals surface area contributed by atoms with E-state index < -0.39 is 11.7 Å². The summed E-state index contributed by atoms with van der Waals surface area (Å²) < 4.78 is 20.2. The van der Waals surface area contributed by atoms with Gasteiger partial charge in [0.05, 0.1) is 16.9 Å². The molecular weight excluding hydrogens is 371 g/mol. The molecule has 2 heterocycles. The van der Waals surface area contributed by atoms with Crippen LogP contribution in [-0.2, 0) is 4.79 Å². The van der Waals surface area contributed by atoms with Crippen molar-refractivity contribution in [3.63, 3.8) is 0 Å². The number of hydrogen-bond acceptors (Lipinski definition) is 5. The molecule has 0 unspecified atom stereocenters. The van der Waals surface area contributed by atoms with E-state index in [1.54, 1.807) is 24.4 Å². The Morgan fingerprint density at radius 2 is 1.83 bits per heavy atom. The second-order valence-electron chi connectivity index (χ2n) is 6.43. The molecule has 4 rings (SSSR count). The highest BCUT2D eigenvalue weighted by molar-refractivity contribution is 6.03. The Morgan fingerprint density at radius 1 is 1.07 bits per heavy atom. The maximum atomic E-state index is 14.5. The largest absolute Gasteiger partial charge is 0.336 e. The van der Waals surface area contributed by atoms with Crippen LogP contribution in [0, 0.1) is 12.7 Å². The number of nitrogens with zero attached hydrogens (tertiary/aromatic N) is 4. The van der Waals surface area contributed by atoms with Crippen molar-refractivity contribution in [3.05, 3.63) is 78.5 Å². The molecule has 0 bridgehead atoms. The van der Waals surface area contributed by atoms with E-state index in [1.165, 1.54) is 30.3 Å². The Kier molecular flexibility index (Phi) is 4.87. The Morgan fingerprint density at radius 3 is 2.52 bits per heavy atom. The molecule has 7 heteroatoms. The van der Waals surface area contributed by atoms with Crippen LogP contribution in [0.3, 0.4) is 0 Å². The highest BCUT2D eigenvalue weighted by Gasteiger charge is 2.30. The van der Waals surface area contributed by atoms with E-state index in [0.717, 1.165) is 11.1 Å². The zero-order valence-electron chi connectivity index (χ0n) is 15.8. The molecule has 2 aromatic heterocycles. The summed E-state index contributed by atoms with van der Waals surface area (Å²) in [5, 5.41) is 4.23. The van der Waals surface area contributed by atoms with Gasteiger partial charge in [-0.05, 0) is 30.7 Å². The van der Waals surface area contributed by atoms with Crippen molar-refractivity contribution < 1.29 is 13.7 Å². The number of aromatic nitrogens is 3. The van der Waals surface area contributed by atoms with Gasteiger partial charge < -0.3 is 4.52 Å². The monoisotopic (exact) mass is 388 g/mol. The third-order valence-electron chi connectivity index (χ3n) is 4.52. The molecule has 0 aliphatic carbocycles. The van der Waals surface area contributed by atoms with Gasteiger partial charge in [-0.3, -0.25) is 4.79 Å². The van der Waals surface area contributed by atoms with Gasteiger partial charge in [0.15, 0.2) is 0 Å². The SMILES string of the molecule is CC(=O)N(c1ccccc1F)c1onc(-c2ccccc2C)c1-c1ccncn1. The zero-order chi connectivity index (χ0) is 20.4. The lowest BCUT2D eigenvalue weighted by molar-refractivity contribution is -0.116. The van der Waals surface area contributed by atoms with Crippen LogP contribution in [0.5, 0.6) is 0 Å². The number of halogens is 1. The number of benzene rings is 2. The lowest BCUT2D eigenvalue weighted by atomic mass is 10.0. The molecule has 0 aliphatic heterocycles. The molecule has 0 N–H and O–H groups in total. The number of aryl methyl sites for hydroxylation is 1. The van der Waals surface area contributed by atoms with E-state index in [4.69, 9.17) is 4.52 Å². The van der Waals surface area contributed by atoms with Crippen molar-refractivity contribution >= 4 is 17.5 Å². The van der Waals surface area contributed by atoms with Crippen LogP contribution < -0.4 is 4.90 Å². The maximum Gasteiger partial charge on any atom is 0.248 e. The van der Waals surface area contributed by atoms with Crippen molar-refractivity contribution in [3.8, 4) is 22.5 Å². The lowest BCUT2D eigenvalue weighted by Gasteiger charge is -2.19. The van der Waals surface area contributed by atoms with E-state index >= 15 is 0 Å². The molecule has 1 amide bonds. The number of amides is 1. The van der Waals surface area contributed by atoms with E-state index in [0.29, 0.717) is 17.0 Å². The fourth-order valence-corrected chi connectivity index (χ4v) is 3.18. The predicted octanol–water partition coefficient (Wildman–Crippen LogP) is 4.93. The van der Waals surface area contributed by atoms with E-state index in [-0.39, 0.29) is 11.6 Å². The second kappa shape index (κ2) is 7.63. The molecule has 144 valence electrons. The number of anilines is 2. The summed E-state index contributed by atoms with van der Waals surface area (Å²) in [6.07, 6.45) is 2.98. The topological polar surface area (TPSA) is 72.1 Å². The van der Waals surface area contributed by atoms with Crippen molar-refractivity contribution in [1.29, 1.82) is 0 Å². The third kappa shape index (κ3) is 3.38. The smallest absolute Gasteiger partial charge is 0.248 e. The van der Waals surface area contributed by atoms with Gasteiger partial charge in [-0.2, -0.15) is 0 Å². The van der Waals surface area contributed by atoms with Gasteiger partial charge in [0.25, 0.3) is 0 Å². The summed E-state index contributed by atoms with van der Waals surface area (Å²) in [5.74, 6) is -0.873. The van der Waals surface area contributed by atoms with E-state index in [2.05, 4.69) is 15.1 Å². The van der Waals surface area contributed by atoms with Crippen molar-refractivity contribution in [2.24, 2.45) is 0 Å². The molecule has 0 saturated carbocycles. The zero-order valence-corrected chi connectivity index (χ0v) is 15.8. The van der Waals surface area contributed by atoms with Crippen LogP contribution in [0.15, 0.2) is 71.6 Å². The molecule has 0 saturated heterocycles. The van der Waals surface area contributed by atoms with E-state index in [1.807, 2.05) is 31.2 Å². The molecule has 0 atom stereocenters. The van der Waals surface area contributed by atoms with Crippen LogP contribution in [0.25, 0.3) is 22.5 Å². The Labute approximate surface area is 166 Å². The van der Waals surface area contributed by atoms with Gasteiger partial charge in [0.1, 0.15) is 17.8 Å². The predicted molar refractivity (Wildman–Crippen MR) is 107 cm³/mol. The summed E-state index contributed by atoms with van der Waals surface area (Å²) in [6, 6.07) is 15.4. The number of hydrogen-bond donors (Lipinski definition) is 0. The van der Waals surface area contributed by atoms with Gasteiger partial charge in [0, 0.05) is 18.7 Å². The first-order valence-corrected chi connectivity index (χ1v) is 8.95. The molecule has 29 heavy (non-hydrogen) atoms. The second-order valence-corrected chi connectivity index (χ2v) is 6.43. The molecule has 0 fully saturated rings. The van der Waals surface area contributed by atoms with Crippen molar-refractivity contribution in [2.45, 2.75) is 13.8 Å². The highest BCUT2D eigenvalue weighted by Crippen LogP contribution is 2.42. The molecule has 0 radical (unpaired) electrons. The number of carbonyl (C=O) groups excluding carboxylic acids is 1. The standard InChI is InChI=1S/C22H17FN4O2/c1-14-7-3-4-8-16(14)21-20(18-11-12-24-13-25-18)22(29-26-21)27(15(2)28)19-10-6-5-9-17(19)23/h3-13H,1-2H3. The minimum absolute atomic E-state index is 0.0720. The van der Waals surface area contributed by atoms with Crippen molar-refractivity contribution in [2.75, 3.05) is 4.90 Å². The summed E-state index contributed by atoms with van der Waals surface area (Å²) in [5.41, 5.74) is 3.38. The molecule has 0 aliphatic rings. The van der Waals surface area contributed by atoms with Crippen LogP contribution in [0.4, 0.5) is 16.0 Å². The average Bonchev–Trinajstić information content (AvgIpc) is 3.15. The summed E-state index contributed by atoms with van der Waals surface area (Å²) in [7, 11) is 0. The fourth-order valence-electron chi connectivity index (χ4n) is 3.18. The lowest BCUT2D eigenvalue weighted by Crippen LogP contribution is -2.24. The summed E-state index contributed by atoms with van der Waals surface area (Å²) >= 11 is 0. The Hall–Kier alpha value is -3.87. The van der Waals surface area contributed by atoms with Gasteiger partial charge in [0.2, 0.25) is 11.8 Å². The normalized spacial score (nSPS) is 10.7. The minimum Gasteiger partial charge on any atom is -0.336 e. The number of para-hydroxylation sites is 1. The first-order chi connectivity index (χ1) is 14.1. The third-order valence-corrected chi connectivity index (χ3v) is 4.52. The molecular formula is C22H17FN4O2. The first-order valence-electron chi connectivity index (χ1n) is 8.95. The van der Waals surface area contributed by atoms with E-state index in [9.17, 15) is 9.18 Å². The van der Waals surface area contributed by atoms with Gasteiger partial charge in [-0.25, -0.2) is 19.3 Å². The molecule has 4 aromatic rings. The number of rotatable bonds is 4. The van der Waals surface area contributed by atoms with Crippen LogP contribution in [0.1, 0.15) is 12.5 Å². The quantitative estimate of drug-likeness (QED) is 0.496. The van der Waals surface area contributed by atoms with Gasteiger partial charge in [-0.15, -0.1) is 0 Å². The van der Waals surface area contributed by atoms with Crippen LogP contribution >= 0.6 is 0 Å². The highest BCUT2D eigenvalue weighted by atomic mass is 19.1.